The van der Waals surface area contributed by atoms with Gasteiger partial charge in [-0.25, -0.2) is 0 Å². The van der Waals surface area contributed by atoms with Crippen molar-refractivity contribution in [3.63, 3.8) is 0 Å². The lowest BCUT2D eigenvalue weighted by molar-refractivity contribution is 0.0974. The van der Waals surface area contributed by atoms with Crippen LogP contribution < -0.4 is 0 Å². The van der Waals surface area contributed by atoms with Crippen molar-refractivity contribution in [3.05, 3.63) is 21.8 Å². The summed E-state index contributed by atoms with van der Waals surface area (Å²) >= 11 is 5.04. The predicted molar refractivity (Wildman–Crippen MR) is 70.6 cm³/mol. The molecular formula is C12H11BrN2O2S. The predicted octanol–water partition coefficient (Wildman–Crippen LogP) is 3.60. The van der Waals surface area contributed by atoms with Gasteiger partial charge in [0.2, 0.25) is 11.7 Å². The molecule has 4 rings (SSSR count). The number of thiophene rings is 1. The third kappa shape index (κ3) is 1.74. The van der Waals surface area contributed by atoms with Crippen LogP contribution in [0.3, 0.4) is 0 Å². The first-order chi connectivity index (χ1) is 8.79. The highest BCUT2D eigenvalue weighted by Gasteiger charge is 2.44. The first-order valence-corrected chi connectivity index (χ1v) is 7.70. The molecule has 0 aromatic carbocycles. The lowest BCUT2D eigenvalue weighted by Crippen LogP contribution is -2.14. The zero-order valence-corrected chi connectivity index (χ0v) is 11.9. The summed E-state index contributed by atoms with van der Waals surface area (Å²) in [5.41, 5.74) is 0. The standard InChI is InChI=1S/C12H11BrN2O2S/c13-6-3-10(18-5-6)11-14-12(17-15-11)8-4-7-1-2-9(8)16-7/h3,5,7-9H,1-2,4H2/t7-,8-,9-/m1/s1. The minimum absolute atomic E-state index is 0.290. The molecule has 2 bridgehead atoms. The topological polar surface area (TPSA) is 48.2 Å². The first-order valence-electron chi connectivity index (χ1n) is 6.03. The summed E-state index contributed by atoms with van der Waals surface area (Å²) in [6.45, 7) is 0. The highest BCUT2D eigenvalue weighted by Crippen LogP contribution is 2.44. The number of rotatable bonds is 2. The molecule has 2 aliphatic rings. The molecule has 4 heterocycles. The number of nitrogens with zero attached hydrogens (tertiary/aromatic N) is 2. The Hall–Kier alpha value is -0.720. The van der Waals surface area contributed by atoms with Gasteiger partial charge in [-0.3, -0.25) is 0 Å². The van der Waals surface area contributed by atoms with Crippen LogP contribution in [0.15, 0.2) is 20.4 Å². The molecule has 0 aliphatic carbocycles. The molecule has 0 amide bonds. The first kappa shape index (κ1) is 11.1. The molecule has 2 aromatic rings. The number of hydrogen-bond acceptors (Lipinski definition) is 5. The van der Waals surface area contributed by atoms with Gasteiger partial charge < -0.3 is 9.26 Å². The third-order valence-corrected chi connectivity index (χ3v) is 5.34. The van der Waals surface area contributed by atoms with Crippen molar-refractivity contribution in [2.24, 2.45) is 0 Å². The molecule has 18 heavy (non-hydrogen) atoms. The smallest absolute Gasteiger partial charge is 0.232 e. The van der Waals surface area contributed by atoms with Crippen molar-refractivity contribution in [3.8, 4) is 10.7 Å². The molecule has 2 aliphatic heterocycles. The van der Waals surface area contributed by atoms with Crippen LogP contribution in [0.5, 0.6) is 0 Å². The SMILES string of the molecule is Brc1csc(-c2noc([C@@H]3C[C@H]4CC[C@H]3O4)n2)c1. The quantitative estimate of drug-likeness (QED) is 0.846. The van der Waals surface area contributed by atoms with Gasteiger partial charge in [-0.15, -0.1) is 11.3 Å². The van der Waals surface area contributed by atoms with Crippen LogP contribution in [-0.4, -0.2) is 22.3 Å². The van der Waals surface area contributed by atoms with Gasteiger partial charge >= 0.3 is 0 Å². The molecular weight excluding hydrogens is 316 g/mol. The molecule has 0 N–H and O–H groups in total. The van der Waals surface area contributed by atoms with E-state index in [1.807, 2.05) is 11.4 Å². The molecule has 4 nitrogen and oxygen atoms in total. The van der Waals surface area contributed by atoms with Crippen LogP contribution in [0.2, 0.25) is 0 Å². The van der Waals surface area contributed by atoms with E-state index in [0.29, 0.717) is 24.0 Å². The molecule has 0 unspecified atom stereocenters. The molecule has 2 saturated heterocycles. The summed E-state index contributed by atoms with van der Waals surface area (Å²) in [6.07, 6.45) is 4.03. The summed E-state index contributed by atoms with van der Waals surface area (Å²) in [5, 5.41) is 6.10. The maximum absolute atomic E-state index is 5.83. The number of fused-ring (bicyclic) bond motifs is 2. The minimum Gasteiger partial charge on any atom is -0.374 e. The molecule has 6 heteroatoms. The number of hydrogen-bond donors (Lipinski definition) is 0. The lowest BCUT2D eigenvalue weighted by atomic mass is 9.89. The summed E-state index contributed by atoms with van der Waals surface area (Å²) in [7, 11) is 0. The van der Waals surface area contributed by atoms with Crippen LogP contribution in [0.1, 0.15) is 31.1 Å². The van der Waals surface area contributed by atoms with Crippen molar-refractivity contribution >= 4 is 27.3 Å². The summed E-state index contributed by atoms with van der Waals surface area (Å²) < 4.78 is 12.3. The average Bonchev–Trinajstić information content (AvgIpc) is 3.12. The maximum Gasteiger partial charge on any atom is 0.232 e. The van der Waals surface area contributed by atoms with E-state index in [2.05, 4.69) is 26.1 Å². The molecule has 0 radical (unpaired) electrons. The average molecular weight is 327 g/mol. The Bertz CT molecular complexity index is 582. The van der Waals surface area contributed by atoms with E-state index in [0.717, 1.165) is 28.1 Å². The lowest BCUT2D eigenvalue weighted by Gasteiger charge is -2.13. The van der Waals surface area contributed by atoms with E-state index in [1.165, 1.54) is 6.42 Å². The monoisotopic (exact) mass is 326 g/mol. The van der Waals surface area contributed by atoms with E-state index in [-0.39, 0.29) is 0 Å². The number of ether oxygens (including phenoxy) is 1. The van der Waals surface area contributed by atoms with E-state index >= 15 is 0 Å². The molecule has 3 atom stereocenters. The largest absolute Gasteiger partial charge is 0.374 e. The second-order valence-corrected chi connectivity index (χ2v) is 6.63. The molecule has 0 spiro atoms. The van der Waals surface area contributed by atoms with E-state index < -0.39 is 0 Å². The highest BCUT2D eigenvalue weighted by atomic mass is 79.9. The second kappa shape index (κ2) is 4.15. The van der Waals surface area contributed by atoms with E-state index in [4.69, 9.17) is 9.26 Å². The third-order valence-electron chi connectivity index (χ3n) is 3.65. The van der Waals surface area contributed by atoms with Gasteiger partial charge in [0.15, 0.2) is 0 Å². The zero-order valence-electron chi connectivity index (χ0n) is 9.51. The highest BCUT2D eigenvalue weighted by molar-refractivity contribution is 9.10. The Balaban J connectivity index is 1.62. The van der Waals surface area contributed by atoms with Crippen LogP contribution in [0.25, 0.3) is 10.7 Å². The number of aromatic nitrogens is 2. The minimum atomic E-state index is 0.290. The zero-order chi connectivity index (χ0) is 12.1. The Labute approximate surface area is 116 Å². The summed E-state index contributed by atoms with van der Waals surface area (Å²) in [4.78, 5) is 5.56. The summed E-state index contributed by atoms with van der Waals surface area (Å²) in [6, 6.07) is 2.01. The molecule has 94 valence electrons. The van der Waals surface area contributed by atoms with Crippen LogP contribution in [0.4, 0.5) is 0 Å². The molecule has 0 saturated carbocycles. The maximum atomic E-state index is 5.83. The number of halogens is 1. The van der Waals surface area contributed by atoms with Crippen molar-refractivity contribution < 1.29 is 9.26 Å². The van der Waals surface area contributed by atoms with Gasteiger partial charge in [-0.05, 0) is 41.3 Å². The van der Waals surface area contributed by atoms with Gasteiger partial charge in [0, 0.05) is 9.85 Å². The van der Waals surface area contributed by atoms with Crippen LogP contribution >= 0.6 is 27.3 Å². The Morgan fingerprint density at radius 1 is 1.39 bits per heavy atom. The van der Waals surface area contributed by atoms with E-state index in [1.54, 1.807) is 11.3 Å². The van der Waals surface area contributed by atoms with Crippen molar-refractivity contribution in [2.75, 3.05) is 0 Å². The van der Waals surface area contributed by atoms with Gasteiger partial charge in [0.05, 0.1) is 23.0 Å². The fourth-order valence-corrected chi connectivity index (χ4v) is 4.17. The van der Waals surface area contributed by atoms with Gasteiger partial charge in [-0.2, -0.15) is 4.98 Å². The van der Waals surface area contributed by atoms with Crippen LogP contribution in [-0.2, 0) is 4.74 Å². The van der Waals surface area contributed by atoms with Crippen molar-refractivity contribution in [1.82, 2.24) is 10.1 Å². The Kier molecular flexibility index (Phi) is 2.56. The fraction of sp³-hybridized carbons (Fsp3) is 0.500. The van der Waals surface area contributed by atoms with Crippen molar-refractivity contribution in [2.45, 2.75) is 37.4 Å². The second-order valence-electron chi connectivity index (χ2n) is 4.80. The Morgan fingerprint density at radius 3 is 3.00 bits per heavy atom. The summed E-state index contributed by atoms with van der Waals surface area (Å²) in [5.74, 6) is 1.72. The van der Waals surface area contributed by atoms with Gasteiger partial charge in [-0.1, -0.05) is 5.16 Å². The van der Waals surface area contributed by atoms with Gasteiger partial charge in [0.1, 0.15) is 0 Å². The van der Waals surface area contributed by atoms with Crippen molar-refractivity contribution in [1.29, 1.82) is 0 Å². The molecule has 2 fully saturated rings. The van der Waals surface area contributed by atoms with Gasteiger partial charge in [0.25, 0.3) is 0 Å². The molecule has 2 aromatic heterocycles. The normalized spacial score (nSPS) is 30.2. The fourth-order valence-electron chi connectivity index (χ4n) is 2.81. The Morgan fingerprint density at radius 2 is 2.33 bits per heavy atom. The van der Waals surface area contributed by atoms with Crippen LogP contribution in [0, 0.1) is 0 Å². The van der Waals surface area contributed by atoms with E-state index in [9.17, 15) is 0 Å².